The van der Waals surface area contributed by atoms with Gasteiger partial charge in [0.1, 0.15) is 5.75 Å². The topological polar surface area (TPSA) is 32.8 Å². The number of hydrogen-bond acceptors (Lipinski definition) is 3. The Balaban J connectivity index is 1.56. The fourth-order valence-electron chi connectivity index (χ4n) is 3.17. The number of alkyl halides is 2. The molecule has 0 unspecified atom stereocenters. The molecule has 0 radical (unpaired) electrons. The number of aryl methyl sites for hydroxylation is 1. The third kappa shape index (κ3) is 5.02. The van der Waals surface area contributed by atoms with Crippen LogP contribution >= 0.6 is 0 Å². The second-order valence-corrected chi connectivity index (χ2v) is 6.54. The molecule has 0 bridgehead atoms. The first kappa shape index (κ1) is 18.3. The van der Waals surface area contributed by atoms with Gasteiger partial charge in [-0.05, 0) is 30.2 Å². The van der Waals surface area contributed by atoms with Crippen LogP contribution in [0.5, 0.6) is 5.75 Å². The zero-order valence-electron chi connectivity index (χ0n) is 14.7. The summed E-state index contributed by atoms with van der Waals surface area (Å²) in [7, 11) is 0. The van der Waals surface area contributed by atoms with Crippen molar-refractivity contribution in [1.82, 2.24) is 9.80 Å². The van der Waals surface area contributed by atoms with E-state index in [1.54, 1.807) is 12.1 Å². The molecule has 4 nitrogen and oxygen atoms in total. The zero-order chi connectivity index (χ0) is 18.5. The number of ether oxygens (including phenoxy) is 1. The smallest absolute Gasteiger partial charge is 0.387 e. The number of rotatable bonds is 6. The van der Waals surface area contributed by atoms with Crippen LogP contribution in [0.2, 0.25) is 0 Å². The first-order valence-electron chi connectivity index (χ1n) is 8.59. The van der Waals surface area contributed by atoms with Crippen molar-refractivity contribution >= 4 is 5.91 Å². The quantitative estimate of drug-likeness (QED) is 0.791. The summed E-state index contributed by atoms with van der Waals surface area (Å²) in [6, 6.07) is 14.8. The molecular weight excluding hydrogens is 338 g/mol. The number of benzene rings is 2. The van der Waals surface area contributed by atoms with Gasteiger partial charge in [0.2, 0.25) is 5.91 Å². The molecule has 0 N–H and O–H groups in total. The van der Waals surface area contributed by atoms with Crippen molar-refractivity contribution in [3.8, 4) is 5.75 Å². The summed E-state index contributed by atoms with van der Waals surface area (Å²) in [5, 5.41) is 0. The largest absolute Gasteiger partial charge is 0.435 e. The molecule has 3 rings (SSSR count). The molecule has 0 atom stereocenters. The summed E-state index contributed by atoms with van der Waals surface area (Å²) in [4.78, 5) is 16.3. The lowest BCUT2D eigenvalue weighted by Crippen LogP contribution is -2.49. The van der Waals surface area contributed by atoms with Crippen molar-refractivity contribution in [1.29, 1.82) is 0 Å². The first-order valence-corrected chi connectivity index (χ1v) is 8.59. The number of nitrogens with zero attached hydrogens (tertiary/aromatic N) is 2. The molecule has 1 saturated heterocycles. The van der Waals surface area contributed by atoms with E-state index in [4.69, 9.17) is 0 Å². The van der Waals surface area contributed by atoms with Crippen molar-refractivity contribution in [2.75, 3.05) is 19.6 Å². The van der Waals surface area contributed by atoms with Crippen LogP contribution in [0.25, 0.3) is 0 Å². The van der Waals surface area contributed by atoms with E-state index in [2.05, 4.69) is 10.8 Å². The van der Waals surface area contributed by atoms with Gasteiger partial charge in [0, 0.05) is 26.2 Å². The molecular formula is C20H22F2N2O2. The van der Waals surface area contributed by atoms with Gasteiger partial charge in [-0.25, -0.2) is 0 Å². The van der Waals surface area contributed by atoms with Gasteiger partial charge in [-0.3, -0.25) is 9.69 Å². The molecule has 0 aromatic heterocycles. The Morgan fingerprint density at radius 1 is 1.04 bits per heavy atom. The number of amides is 1. The number of halogens is 2. The van der Waals surface area contributed by atoms with Gasteiger partial charge in [0.05, 0.1) is 6.54 Å². The second-order valence-electron chi connectivity index (χ2n) is 6.54. The van der Waals surface area contributed by atoms with Crippen LogP contribution in [0.1, 0.15) is 16.7 Å². The molecule has 1 aliphatic rings. The van der Waals surface area contributed by atoms with E-state index >= 15 is 0 Å². The lowest BCUT2D eigenvalue weighted by atomic mass is 10.1. The third-order valence-corrected chi connectivity index (χ3v) is 4.38. The molecule has 1 fully saturated rings. The zero-order valence-corrected chi connectivity index (χ0v) is 14.7. The molecule has 138 valence electrons. The maximum Gasteiger partial charge on any atom is 0.387 e. The van der Waals surface area contributed by atoms with Crippen LogP contribution in [0, 0.1) is 6.92 Å². The average Bonchev–Trinajstić information content (AvgIpc) is 2.57. The number of hydrogen-bond donors (Lipinski definition) is 0. The highest BCUT2D eigenvalue weighted by atomic mass is 19.3. The minimum atomic E-state index is -2.84. The number of carbonyl (C=O) groups is 1. The number of carbonyl (C=O) groups excluding carboxylic acids is 1. The molecule has 1 aliphatic heterocycles. The predicted octanol–water partition coefficient (Wildman–Crippen LogP) is 3.44. The average molecular weight is 360 g/mol. The van der Waals surface area contributed by atoms with Gasteiger partial charge in [-0.15, -0.1) is 0 Å². The van der Waals surface area contributed by atoms with E-state index in [9.17, 15) is 13.6 Å². The summed E-state index contributed by atoms with van der Waals surface area (Å²) in [5.74, 6) is 0.222. The molecule has 2 aromatic rings. The lowest BCUT2D eigenvalue weighted by molar-refractivity contribution is -0.136. The van der Waals surface area contributed by atoms with E-state index in [1.807, 2.05) is 41.0 Å². The van der Waals surface area contributed by atoms with E-state index in [1.165, 1.54) is 11.6 Å². The van der Waals surface area contributed by atoms with Crippen LogP contribution in [-0.2, 0) is 17.9 Å². The fraction of sp³-hybridized carbons (Fsp3) is 0.350. The summed E-state index contributed by atoms with van der Waals surface area (Å²) < 4.78 is 29.1. The highest BCUT2D eigenvalue weighted by molar-refractivity contribution is 5.79. The van der Waals surface area contributed by atoms with Crippen LogP contribution in [-0.4, -0.2) is 42.0 Å². The Kier molecular flexibility index (Phi) is 5.83. The minimum absolute atomic E-state index is 0.0812. The van der Waals surface area contributed by atoms with Crippen molar-refractivity contribution < 1.29 is 18.3 Å². The third-order valence-electron chi connectivity index (χ3n) is 4.38. The van der Waals surface area contributed by atoms with E-state index in [-0.39, 0.29) is 11.7 Å². The minimum Gasteiger partial charge on any atom is -0.435 e. The van der Waals surface area contributed by atoms with Gasteiger partial charge < -0.3 is 9.64 Å². The Morgan fingerprint density at radius 2 is 1.77 bits per heavy atom. The SMILES string of the molecule is Cc1cccc(CN2CCN(Cc3cccc(OC(F)F)c3)CC2=O)c1. The van der Waals surface area contributed by atoms with Crippen LogP contribution in [0.3, 0.4) is 0 Å². The summed E-state index contributed by atoms with van der Waals surface area (Å²) in [6.45, 7) is 2.08. The van der Waals surface area contributed by atoms with E-state index in [0.717, 1.165) is 17.7 Å². The molecule has 1 heterocycles. The second kappa shape index (κ2) is 8.27. The Morgan fingerprint density at radius 3 is 2.46 bits per heavy atom. The van der Waals surface area contributed by atoms with Crippen LogP contribution in [0.4, 0.5) is 8.78 Å². The van der Waals surface area contributed by atoms with E-state index < -0.39 is 6.61 Å². The molecule has 0 saturated carbocycles. The van der Waals surface area contributed by atoms with Crippen molar-refractivity contribution in [3.05, 3.63) is 65.2 Å². The van der Waals surface area contributed by atoms with Gasteiger partial charge >= 0.3 is 6.61 Å². The highest BCUT2D eigenvalue weighted by Crippen LogP contribution is 2.18. The Labute approximate surface area is 152 Å². The summed E-state index contributed by atoms with van der Waals surface area (Å²) in [6.07, 6.45) is 0. The summed E-state index contributed by atoms with van der Waals surface area (Å²) >= 11 is 0. The number of piperazine rings is 1. The summed E-state index contributed by atoms with van der Waals surface area (Å²) in [5.41, 5.74) is 3.16. The van der Waals surface area contributed by atoms with Crippen LogP contribution < -0.4 is 4.74 Å². The molecule has 26 heavy (non-hydrogen) atoms. The lowest BCUT2D eigenvalue weighted by Gasteiger charge is -2.34. The maximum atomic E-state index is 12.5. The Bertz CT molecular complexity index is 767. The van der Waals surface area contributed by atoms with Crippen molar-refractivity contribution in [3.63, 3.8) is 0 Å². The molecule has 0 spiro atoms. The Hall–Kier alpha value is -2.47. The van der Waals surface area contributed by atoms with Gasteiger partial charge in [-0.2, -0.15) is 8.78 Å². The van der Waals surface area contributed by atoms with Gasteiger partial charge in [-0.1, -0.05) is 42.0 Å². The van der Waals surface area contributed by atoms with E-state index in [0.29, 0.717) is 26.2 Å². The normalized spacial score (nSPS) is 15.5. The van der Waals surface area contributed by atoms with Crippen molar-refractivity contribution in [2.45, 2.75) is 26.6 Å². The monoisotopic (exact) mass is 360 g/mol. The standard InChI is InChI=1S/C20H22F2N2O2/c1-15-4-2-5-16(10-15)13-24-9-8-23(14-19(24)25)12-17-6-3-7-18(11-17)26-20(21)22/h2-7,10-11,20H,8-9,12-14H2,1H3. The predicted molar refractivity (Wildman–Crippen MR) is 94.9 cm³/mol. The molecule has 2 aromatic carbocycles. The highest BCUT2D eigenvalue weighted by Gasteiger charge is 2.24. The van der Waals surface area contributed by atoms with Crippen molar-refractivity contribution in [2.24, 2.45) is 0 Å². The molecule has 1 amide bonds. The fourth-order valence-corrected chi connectivity index (χ4v) is 3.17. The molecule has 6 heteroatoms. The maximum absolute atomic E-state index is 12.5. The van der Waals surface area contributed by atoms with Crippen LogP contribution in [0.15, 0.2) is 48.5 Å². The first-order chi connectivity index (χ1) is 12.5. The molecule has 0 aliphatic carbocycles. The van der Waals surface area contributed by atoms with Gasteiger partial charge in [0.15, 0.2) is 0 Å². The van der Waals surface area contributed by atoms with Gasteiger partial charge in [0.25, 0.3) is 0 Å².